The Balaban J connectivity index is 1.99. The minimum atomic E-state index is -1.07. The molecule has 2 aromatic heterocycles. The second kappa shape index (κ2) is 7.15. The van der Waals surface area contributed by atoms with E-state index in [0.29, 0.717) is 5.02 Å². The van der Waals surface area contributed by atoms with Crippen LogP contribution in [0.2, 0.25) is 10.0 Å². The van der Waals surface area contributed by atoms with Gasteiger partial charge in [-0.1, -0.05) is 23.2 Å². The van der Waals surface area contributed by atoms with Crippen molar-refractivity contribution in [3.8, 4) is 0 Å². The second-order valence-corrected chi connectivity index (χ2v) is 4.96. The molecule has 0 aliphatic rings. The maximum atomic E-state index is 12.0. The first-order valence-corrected chi connectivity index (χ1v) is 6.82. The largest absolute Gasteiger partial charge is 0.448 e. The maximum absolute atomic E-state index is 12.0. The van der Waals surface area contributed by atoms with Crippen molar-refractivity contribution in [2.24, 2.45) is 0 Å². The molecular weight excluding hydrogens is 331 g/mol. The fourth-order valence-electron chi connectivity index (χ4n) is 1.40. The highest BCUT2D eigenvalue weighted by molar-refractivity contribution is 6.36. The highest BCUT2D eigenvalue weighted by Crippen LogP contribution is 2.22. The Hall–Kier alpha value is -2.25. The zero-order chi connectivity index (χ0) is 16.1. The summed E-state index contributed by atoms with van der Waals surface area (Å²) in [6.45, 7) is 1.41. The number of halogens is 2. The number of anilines is 1. The minimum absolute atomic E-state index is 0.00444. The molecule has 0 saturated carbocycles. The van der Waals surface area contributed by atoms with Crippen LogP contribution in [0.3, 0.4) is 0 Å². The first kappa shape index (κ1) is 16.1. The number of carbonyl (C=O) groups excluding carboxylic acids is 2. The molecule has 2 rings (SSSR count). The Kier molecular flexibility index (Phi) is 5.24. The van der Waals surface area contributed by atoms with Gasteiger partial charge in [-0.3, -0.25) is 9.78 Å². The molecule has 9 heteroatoms. The highest BCUT2D eigenvalue weighted by atomic mass is 35.5. The number of nitrogens with zero attached hydrogens (tertiary/aromatic N) is 3. The van der Waals surface area contributed by atoms with Crippen molar-refractivity contribution in [3.63, 3.8) is 0 Å². The van der Waals surface area contributed by atoms with Crippen molar-refractivity contribution in [2.75, 3.05) is 5.32 Å². The highest BCUT2D eigenvalue weighted by Gasteiger charge is 2.21. The van der Waals surface area contributed by atoms with Gasteiger partial charge in [-0.2, -0.15) is 0 Å². The molecule has 0 aliphatic carbocycles. The lowest BCUT2D eigenvalue weighted by molar-refractivity contribution is -0.123. The van der Waals surface area contributed by atoms with Gasteiger partial charge < -0.3 is 10.1 Å². The summed E-state index contributed by atoms with van der Waals surface area (Å²) in [6.07, 6.45) is 4.27. The molecule has 0 spiro atoms. The van der Waals surface area contributed by atoms with E-state index in [0.717, 1.165) is 0 Å². The van der Waals surface area contributed by atoms with Gasteiger partial charge in [-0.25, -0.2) is 14.8 Å². The first-order valence-electron chi connectivity index (χ1n) is 6.06. The van der Waals surface area contributed by atoms with Gasteiger partial charge in [-0.15, -0.1) is 0 Å². The molecule has 0 bridgehead atoms. The third kappa shape index (κ3) is 4.12. The van der Waals surface area contributed by atoms with Crippen molar-refractivity contribution >= 4 is 40.9 Å². The smallest absolute Gasteiger partial charge is 0.359 e. The number of carbonyl (C=O) groups is 2. The molecule has 0 saturated heterocycles. The molecule has 1 N–H and O–H groups in total. The molecule has 114 valence electrons. The van der Waals surface area contributed by atoms with Gasteiger partial charge in [0.1, 0.15) is 0 Å². The number of amides is 1. The minimum Gasteiger partial charge on any atom is -0.448 e. The van der Waals surface area contributed by atoms with E-state index in [1.54, 1.807) is 0 Å². The average molecular weight is 341 g/mol. The first-order chi connectivity index (χ1) is 10.5. The van der Waals surface area contributed by atoms with E-state index in [4.69, 9.17) is 27.9 Å². The zero-order valence-electron chi connectivity index (χ0n) is 11.3. The van der Waals surface area contributed by atoms with Crippen LogP contribution in [-0.4, -0.2) is 32.9 Å². The third-order valence-corrected chi connectivity index (χ3v) is 2.97. The van der Waals surface area contributed by atoms with Crippen molar-refractivity contribution in [2.45, 2.75) is 13.0 Å². The number of nitrogens with one attached hydrogen (secondary N) is 1. The van der Waals surface area contributed by atoms with Crippen LogP contribution >= 0.6 is 23.2 Å². The standard InChI is InChI=1S/C13H10Cl2N4O3/c1-7(22-13(21)10-6-16-2-3-17-10)12(20)19-11-9(15)4-8(14)5-18-11/h2-7H,1H3,(H,18,19,20). The Morgan fingerprint density at radius 3 is 2.64 bits per heavy atom. The van der Waals surface area contributed by atoms with Gasteiger partial charge >= 0.3 is 5.97 Å². The van der Waals surface area contributed by atoms with E-state index in [1.807, 2.05) is 0 Å². The predicted molar refractivity (Wildman–Crippen MR) is 79.8 cm³/mol. The fourth-order valence-corrected chi connectivity index (χ4v) is 1.83. The SMILES string of the molecule is CC(OC(=O)c1cnccn1)C(=O)Nc1ncc(Cl)cc1Cl. The van der Waals surface area contributed by atoms with Crippen LogP contribution in [0.4, 0.5) is 5.82 Å². The van der Waals surface area contributed by atoms with Crippen molar-refractivity contribution in [3.05, 3.63) is 46.6 Å². The molecule has 0 radical (unpaired) electrons. The van der Waals surface area contributed by atoms with Crippen molar-refractivity contribution < 1.29 is 14.3 Å². The third-order valence-electron chi connectivity index (χ3n) is 2.47. The van der Waals surface area contributed by atoms with E-state index in [-0.39, 0.29) is 16.5 Å². The molecule has 1 unspecified atom stereocenters. The van der Waals surface area contributed by atoms with Gasteiger partial charge in [0, 0.05) is 18.6 Å². The van der Waals surface area contributed by atoms with Gasteiger partial charge in [0.05, 0.1) is 16.2 Å². The lowest BCUT2D eigenvalue weighted by Gasteiger charge is -2.13. The summed E-state index contributed by atoms with van der Waals surface area (Å²) < 4.78 is 4.98. The van der Waals surface area contributed by atoms with Crippen LogP contribution in [0.25, 0.3) is 0 Å². The van der Waals surface area contributed by atoms with Crippen LogP contribution in [0.5, 0.6) is 0 Å². The van der Waals surface area contributed by atoms with E-state index in [2.05, 4.69) is 20.3 Å². The van der Waals surface area contributed by atoms with Gasteiger partial charge in [-0.05, 0) is 13.0 Å². The number of hydrogen-bond donors (Lipinski definition) is 1. The number of hydrogen-bond acceptors (Lipinski definition) is 6. The molecule has 2 aromatic rings. The summed E-state index contributed by atoms with van der Waals surface area (Å²) in [7, 11) is 0. The van der Waals surface area contributed by atoms with Crippen LogP contribution in [0, 0.1) is 0 Å². The number of rotatable bonds is 4. The topological polar surface area (TPSA) is 94.1 Å². The van der Waals surface area contributed by atoms with E-state index in [1.165, 1.54) is 37.8 Å². The molecule has 0 aliphatic heterocycles. The number of esters is 1. The summed E-state index contributed by atoms with van der Waals surface area (Å²) in [4.78, 5) is 35.1. The predicted octanol–water partition coefficient (Wildman–Crippen LogP) is 2.36. The zero-order valence-corrected chi connectivity index (χ0v) is 12.8. The van der Waals surface area contributed by atoms with E-state index < -0.39 is 18.0 Å². The molecule has 0 fully saturated rings. The van der Waals surface area contributed by atoms with Gasteiger partial charge in [0.15, 0.2) is 17.6 Å². The summed E-state index contributed by atoms with van der Waals surface area (Å²) >= 11 is 11.6. The maximum Gasteiger partial charge on any atom is 0.359 e. The van der Waals surface area contributed by atoms with Gasteiger partial charge in [0.25, 0.3) is 5.91 Å². The Labute approximate surface area is 135 Å². The molecular formula is C13H10Cl2N4O3. The lowest BCUT2D eigenvalue weighted by Crippen LogP contribution is -2.30. The monoisotopic (exact) mass is 340 g/mol. The quantitative estimate of drug-likeness (QED) is 0.858. The van der Waals surface area contributed by atoms with Crippen LogP contribution in [-0.2, 0) is 9.53 Å². The van der Waals surface area contributed by atoms with Crippen LogP contribution in [0.1, 0.15) is 17.4 Å². The Morgan fingerprint density at radius 2 is 2.00 bits per heavy atom. The molecule has 0 aromatic carbocycles. The summed E-state index contributed by atoms with van der Waals surface area (Å²) in [5, 5.41) is 2.95. The van der Waals surface area contributed by atoms with E-state index in [9.17, 15) is 9.59 Å². The van der Waals surface area contributed by atoms with Crippen molar-refractivity contribution in [1.82, 2.24) is 15.0 Å². The fraction of sp³-hybridized carbons (Fsp3) is 0.154. The van der Waals surface area contributed by atoms with Gasteiger partial charge in [0.2, 0.25) is 0 Å². The molecule has 1 atom stereocenters. The molecule has 2 heterocycles. The molecule has 22 heavy (non-hydrogen) atoms. The lowest BCUT2D eigenvalue weighted by atomic mass is 10.3. The average Bonchev–Trinajstić information content (AvgIpc) is 2.50. The van der Waals surface area contributed by atoms with Crippen LogP contribution in [0.15, 0.2) is 30.9 Å². The summed E-state index contributed by atoms with van der Waals surface area (Å²) in [6, 6.07) is 1.43. The normalized spacial score (nSPS) is 11.6. The number of aromatic nitrogens is 3. The second-order valence-electron chi connectivity index (χ2n) is 4.11. The van der Waals surface area contributed by atoms with Crippen LogP contribution < -0.4 is 5.32 Å². The van der Waals surface area contributed by atoms with E-state index >= 15 is 0 Å². The summed E-state index contributed by atoms with van der Waals surface area (Å²) in [5.41, 5.74) is 0.00444. The Bertz CT molecular complexity index is 697. The molecule has 1 amide bonds. The Morgan fingerprint density at radius 1 is 1.23 bits per heavy atom. The number of ether oxygens (including phenoxy) is 1. The molecule has 7 nitrogen and oxygen atoms in total. The number of pyridine rings is 1. The van der Waals surface area contributed by atoms with Crippen molar-refractivity contribution in [1.29, 1.82) is 0 Å². The summed E-state index contributed by atoms with van der Waals surface area (Å²) in [5.74, 6) is -1.22.